The quantitative estimate of drug-likeness (QED) is 0.806. The lowest BCUT2D eigenvalue weighted by atomic mass is 9.83. The molecule has 0 saturated carbocycles. The van der Waals surface area contributed by atoms with Gasteiger partial charge in [-0.15, -0.1) is 0 Å². The van der Waals surface area contributed by atoms with Gasteiger partial charge < -0.3 is 5.73 Å². The Labute approximate surface area is 94.4 Å². The average molecular weight is 233 g/mol. The van der Waals surface area contributed by atoms with Crippen LogP contribution in [0.3, 0.4) is 0 Å². The SMILES string of the molecule is CC(C)(C)C(N)c1c(Cl)cncc1Cl. The van der Waals surface area contributed by atoms with Crippen LogP contribution in [0.1, 0.15) is 32.4 Å². The van der Waals surface area contributed by atoms with Crippen molar-refractivity contribution in [3.8, 4) is 0 Å². The summed E-state index contributed by atoms with van der Waals surface area (Å²) in [6.45, 7) is 6.14. The highest BCUT2D eigenvalue weighted by atomic mass is 35.5. The van der Waals surface area contributed by atoms with Crippen LogP contribution in [0.4, 0.5) is 0 Å². The first-order valence-electron chi connectivity index (χ1n) is 4.38. The van der Waals surface area contributed by atoms with Gasteiger partial charge in [-0.3, -0.25) is 4.98 Å². The van der Waals surface area contributed by atoms with E-state index in [0.29, 0.717) is 10.0 Å². The van der Waals surface area contributed by atoms with Gasteiger partial charge in [-0.05, 0) is 5.41 Å². The van der Waals surface area contributed by atoms with Crippen LogP contribution in [0.2, 0.25) is 10.0 Å². The second kappa shape index (κ2) is 4.05. The summed E-state index contributed by atoms with van der Waals surface area (Å²) in [5.41, 5.74) is 6.78. The van der Waals surface area contributed by atoms with Gasteiger partial charge in [-0.2, -0.15) is 0 Å². The van der Waals surface area contributed by atoms with Crippen LogP contribution in [0.5, 0.6) is 0 Å². The first-order chi connectivity index (χ1) is 6.34. The zero-order chi connectivity index (χ0) is 10.9. The molecule has 1 aromatic rings. The molecule has 0 aliphatic carbocycles. The van der Waals surface area contributed by atoms with Crippen LogP contribution in [0.25, 0.3) is 0 Å². The summed E-state index contributed by atoms with van der Waals surface area (Å²) >= 11 is 12.0. The molecule has 1 heterocycles. The zero-order valence-electron chi connectivity index (χ0n) is 8.51. The first-order valence-corrected chi connectivity index (χ1v) is 5.14. The Morgan fingerprint density at radius 3 is 2.00 bits per heavy atom. The molecular formula is C10H14Cl2N2. The van der Waals surface area contributed by atoms with Gasteiger partial charge in [0.05, 0.1) is 10.0 Å². The van der Waals surface area contributed by atoms with Crippen molar-refractivity contribution in [1.82, 2.24) is 4.98 Å². The molecule has 1 unspecified atom stereocenters. The molecule has 2 N–H and O–H groups in total. The fourth-order valence-corrected chi connectivity index (χ4v) is 1.75. The summed E-state index contributed by atoms with van der Waals surface area (Å²) in [7, 11) is 0. The number of nitrogens with two attached hydrogens (primary N) is 1. The number of halogens is 2. The summed E-state index contributed by atoms with van der Waals surface area (Å²) in [4.78, 5) is 3.89. The summed E-state index contributed by atoms with van der Waals surface area (Å²) in [6, 6.07) is -0.189. The van der Waals surface area contributed by atoms with E-state index >= 15 is 0 Å². The van der Waals surface area contributed by atoms with Crippen molar-refractivity contribution < 1.29 is 0 Å². The van der Waals surface area contributed by atoms with Gasteiger partial charge in [0.15, 0.2) is 0 Å². The first kappa shape index (κ1) is 11.8. The third kappa shape index (κ3) is 2.38. The van der Waals surface area contributed by atoms with Crippen molar-refractivity contribution >= 4 is 23.2 Å². The minimum absolute atomic E-state index is 0.0748. The lowest BCUT2D eigenvalue weighted by Crippen LogP contribution is -2.26. The topological polar surface area (TPSA) is 38.9 Å². The standard InChI is InChI=1S/C10H14Cl2N2/c1-10(2,3)9(13)8-6(11)4-14-5-7(8)12/h4-5,9H,13H2,1-3H3. The van der Waals surface area contributed by atoms with Gasteiger partial charge in [0.2, 0.25) is 0 Å². The van der Waals surface area contributed by atoms with E-state index in [1.807, 2.05) is 20.8 Å². The van der Waals surface area contributed by atoms with Crippen molar-refractivity contribution in [3.63, 3.8) is 0 Å². The maximum atomic E-state index is 6.08. The van der Waals surface area contributed by atoms with Gasteiger partial charge in [0, 0.05) is 24.0 Å². The van der Waals surface area contributed by atoms with Crippen molar-refractivity contribution in [3.05, 3.63) is 28.0 Å². The van der Waals surface area contributed by atoms with E-state index in [0.717, 1.165) is 5.56 Å². The Hall–Kier alpha value is -0.310. The molecule has 0 aliphatic rings. The van der Waals surface area contributed by atoms with Gasteiger partial charge in [-0.25, -0.2) is 0 Å². The highest BCUT2D eigenvalue weighted by Crippen LogP contribution is 2.37. The minimum atomic E-state index is -0.189. The molecule has 0 bridgehead atoms. The summed E-state index contributed by atoms with van der Waals surface area (Å²) in [6.07, 6.45) is 3.13. The number of nitrogens with zero attached hydrogens (tertiary/aromatic N) is 1. The predicted octanol–water partition coefficient (Wildman–Crippen LogP) is 3.43. The van der Waals surface area contributed by atoms with Crippen molar-refractivity contribution in [2.45, 2.75) is 26.8 Å². The van der Waals surface area contributed by atoms with E-state index in [9.17, 15) is 0 Å². The fraction of sp³-hybridized carbons (Fsp3) is 0.500. The van der Waals surface area contributed by atoms with Gasteiger partial charge in [-0.1, -0.05) is 44.0 Å². The molecule has 0 aliphatic heterocycles. The smallest absolute Gasteiger partial charge is 0.0652 e. The van der Waals surface area contributed by atoms with E-state index in [2.05, 4.69) is 4.98 Å². The lowest BCUT2D eigenvalue weighted by molar-refractivity contribution is 0.327. The lowest BCUT2D eigenvalue weighted by Gasteiger charge is -2.28. The summed E-state index contributed by atoms with van der Waals surface area (Å²) in [5, 5.41) is 1.06. The zero-order valence-corrected chi connectivity index (χ0v) is 10.0. The van der Waals surface area contributed by atoms with Crippen molar-refractivity contribution in [1.29, 1.82) is 0 Å². The highest BCUT2D eigenvalue weighted by Gasteiger charge is 2.26. The molecule has 14 heavy (non-hydrogen) atoms. The van der Waals surface area contributed by atoms with E-state index in [1.165, 1.54) is 0 Å². The van der Waals surface area contributed by atoms with Crippen LogP contribution in [0.15, 0.2) is 12.4 Å². The Morgan fingerprint density at radius 1 is 1.21 bits per heavy atom. The van der Waals surface area contributed by atoms with Gasteiger partial charge in [0.1, 0.15) is 0 Å². The van der Waals surface area contributed by atoms with E-state index in [1.54, 1.807) is 12.4 Å². The van der Waals surface area contributed by atoms with Crippen LogP contribution < -0.4 is 5.73 Å². The summed E-state index contributed by atoms with van der Waals surface area (Å²) < 4.78 is 0. The van der Waals surface area contributed by atoms with Crippen LogP contribution >= 0.6 is 23.2 Å². The summed E-state index contributed by atoms with van der Waals surface area (Å²) in [5.74, 6) is 0. The third-order valence-electron chi connectivity index (χ3n) is 2.13. The maximum Gasteiger partial charge on any atom is 0.0652 e. The van der Waals surface area contributed by atoms with Crippen LogP contribution in [0, 0.1) is 5.41 Å². The Balaban J connectivity index is 3.19. The van der Waals surface area contributed by atoms with E-state index in [4.69, 9.17) is 28.9 Å². The predicted molar refractivity (Wildman–Crippen MR) is 60.6 cm³/mol. The molecule has 0 saturated heterocycles. The number of rotatable bonds is 1. The van der Waals surface area contributed by atoms with Crippen LogP contribution in [-0.2, 0) is 0 Å². The average Bonchev–Trinajstić information content (AvgIpc) is 2.01. The largest absolute Gasteiger partial charge is 0.323 e. The molecule has 0 spiro atoms. The Bertz CT molecular complexity index is 311. The van der Waals surface area contributed by atoms with Crippen LogP contribution in [-0.4, -0.2) is 4.98 Å². The molecule has 1 rings (SSSR count). The molecule has 0 aromatic carbocycles. The molecular weight excluding hydrogens is 219 g/mol. The Kier molecular flexibility index (Phi) is 3.40. The molecule has 1 aromatic heterocycles. The second-order valence-electron chi connectivity index (χ2n) is 4.36. The number of hydrogen-bond donors (Lipinski definition) is 1. The number of aromatic nitrogens is 1. The number of pyridine rings is 1. The molecule has 0 amide bonds. The third-order valence-corrected chi connectivity index (χ3v) is 2.74. The van der Waals surface area contributed by atoms with Crippen molar-refractivity contribution in [2.24, 2.45) is 11.1 Å². The molecule has 2 nitrogen and oxygen atoms in total. The fourth-order valence-electron chi connectivity index (χ4n) is 1.15. The Morgan fingerprint density at radius 2 is 1.64 bits per heavy atom. The van der Waals surface area contributed by atoms with E-state index in [-0.39, 0.29) is 11.5 Å². The maximum absolute atomic E-state index is 6.08. The molecule has 78 valence electrons. The molecule has 0 radical (unpaired) electrons. The molecule has 4 heteroatoms. The van der Waals surface area contributed by atoms with E-state index < -0.39 is 0 Å². The second-order valence-corrected chi connectivity index (χ2v) is 5.17. The molecule has 1 atom stereocenters. The van der Waals surface area contributed by atoms with Gasteiger partial charge >= 0.3 is 0 Å². The minimum Gasteiger partial charge on any atom is -0.323 e. The molecule has 0 fully saturated rings. The normalized spacial score (nSPS) is 14.1. The highest BCUT2D eigenvalue weighted by molar-refractivity contribution is 6.35. The van der Waals surface area contributed by atoms with Crippen molar-refractivity contribution in [2.75, 3.05) is 0 Å². The van der Waals surface area contributed by atoms with Gasteiger partial charge in [0.25, 0.3) is 0 Å². The monoisotopic (exact) mass is 232 g/mol. The number of hydrogen-bond acceptors (Lipinski definition) is 2.